The van der Waals surface area contributed by atoms with Crippen LogP contribution in [0.5, 0.6) is 0 Å². The van der Waals surface area contributed by atoms with Crippen molar-refractivity contribution in [1.82, 2.24) is 10.6 Å². The van der Waals surface area contributed by atoms with Crippen molar-refractivity contribution in [2.24, 2.45) is 0 Å². The van der Waals surface area contributed by atoms with Gasteiger partial charge < -0.3 is 15.4 Å². The maximum Gasteiger partial charge on any atom is 0.0466 e. The van der Waals surface area contributed by atoms with E-state index in [1.165, 1.54) is 51.4 Å². The number of nitrogens with one attached hydrogen (secondary N) is 2. The van der Waals surface area contributed by atoms with E-state index in [-0.39, 0.29) is 0 Å². The normalized spacial score (nSPS) is 10.9. The summed E-state index contributed by atoms with van der Waals surface area (Å²) in [7, 11) is 4.03. The lowest BCUT2D eigenvalue weighted by molar-refractivity contribution is 0.125. The SMILES string of the molecule is CNCCCCCCOCCCCCCNC. The molecule has 0 aromatic carbocycles. The van der Waals surface area contributed by atoms with Crippen LogP contribution in [0, 0.1) is 0 Å². The number of hydrogen-bond donors (Lipinski definition) is 2. The summed E-state index contributed by atoms with van der Waals surface area (Å²) in [5.41, 5.74) is 0. The van der Waals surface area contributed by atoms with Crippen molar-refractivity contribution in [3.63, 3.8) is 0 Å². The van der Waals surface area contributed by atoms with Crippen LogP contribution in [0.4, 0.5) is 0 Å². The van der Waals surface area contributed by atoms with Crippen LogP contribution < -0.4 is 10.6 Å². The fraction of sp³-hybridized carbons (Fsp3) is 1.00. The fourth-order valence-corrected chi connectivity index (χ4v) is 1.82. The van der Waals surface area contributed by atoms with Crippen molar-refractivity contribution in [3.05, 3.63) is 0 Å². The molecule has 0 aliphatic rings. The van der Waals surface area contributed by atoms with E-state index in [0.29, 0.717) is 0 Å². The third-order valence-electron chi connectivity index (χ3n) is 2.93. The van der Waals surface area contributed by atoms with Crippen LogP contribution in [0.2, 0.25) is 0 Å². The molecule has 0 aliphatic heterocycles. The minimum atomic E-state index is 0.954. The lowest BCUT2D eigenvalue weighted by Gasteiger charge is -2.04. The molecular weight excluding hydrogens is 212 g/mol. The van der Waals surface area contributed by atoms with Crippen LogP contribution >= 0.6 is 0 Å². The molecule has 0 heterocycles. The second kappa shape index (κ2) is 15.9. The van der Waals surface area contributed by atoms with Gasteiger partial charge in [0.2, 0.25) is 0 Å². The van der Waals surface area contributed by atoms with E-state index in [4.69, 9.17) is 4.74 Å². The van der Waals surface area contributed by atoms with Crippen molar-refractivity contribution in [2.45, 2.75) is 51.4 Å². The summed E-state index contributed by atoms with van der Waals surface area (Å²) in [6.07, 6.45) is 10.3. The molecule has 0 unspecified atom stereocenters. The summed E-state index contributed by atoms with van der Waals surface area (Å²) >= 11 is 0. The standard InChI is InChI=1S/C14H32N2O/c1-15-11-7-3-5-9-13-17-14-10-6-4-8-12-16-2/h15-16H,3-14H2,1-2H3. The van der Waals surface area contributed by atoms with Gasteiger partial charge >= 0.3 is 0 Å². The maximum absolute atomic E-state index is 5.62. The summed E-state index contributed by atoms with van der Waals surface area (Å²) in [6, 6.07) is 0. The van der Waals surface area contributed by atoms with Gasteiger partial charge in [-0.25, -0.2) is 0 Å². The molecule has 0 saturated heterocycles. The quantitative estimate of drug-likeness (QED) is 0.461. The molecule has 0 radical (unpaired) electrons. The first kappa shape index (κ1) is 16.9. The molecule has 17 heavy (non-hydrogen) atoms. The average molecular weight is 244 g/mol. The van der Waals surface area contributed by atoms with Crippen molar-refractivity contribution in [3.8, 4) is 0 Å². The van der Waals surface area contributed by atoms with Gasteiger partial charge in [0.1, 0.15) is 0 Å². The topological polar surface area (TPSA) is 33.3 Å². The molecule has 0 rings (SSSR count). The van der Waals surface area contributed by atoms with Crippen LogP contribution in [-0.2, 0) is 4.74 Å². The summed E-state index contributed by atoms with van der Waals surface area (Å²) in [4.78, 5) is 0. The van der Waals surface area contributed by atoms with Crippen LogP contribution in [0.25, 0.3) is 0 Å². The van der Waals surface area contributed by atoms with Crippen LogP contribution in [0.3, 0.4) is 0 Å². The first-order chi connectivity index (χ1) is 8.41. The van der Waals surface area contributed by atoms with E-state index in [2.05, 4.69) is 10.6 Å². The Morgan fingerprint density at radius 2 is 1.00 bits per heavy atom. The predicted octanol–water partition coefficient (Wildman–Crippen LogP) is 2.56. The minimum absolute atomic E-state index is 0.954. The molecule has 0 aliphatic carbocycles. The number of unbranched alkanes of at least 4 members (excludes halogenated alkanes) is 6. The van der Waals surface area contributed by atoms with Gasteiger partial charge in [0, 0.05) is 13.2 Å². The maximum atomic E-state index is 5.62. The lowest BCUT2D eigenvalue weighted by Crippen LogP contribution is -2.07. The molecule has 2 N–H and O–H groups in total. The Kier molecular flexibility index (Phi) is 15.8. The third kappa shape index (κ3) is 15.9. The van der Waals surface area contributed by atoms with E-state index in [0.717, 1.165) is 26.3 Å². The van der Waals surface area contributed by atoms with Gasteiger partial charge in [-0.3, -0.25) is 0 Å². The number of ether oxygens (including phenoxy) is 1. The molecule has 0 fully saturated rings. The number of rotatable bonds is 14. The summed E-state index contributed by atoms with van der Waals surface area (Å²) in [6.45, 7) is 4.20. The highest BCUT2D eigenvalue weighted by molar-refractivity contribution is 4.47. The molecule has 0 atom stereocenters. The Hall–Kier alpha value is -0.120. The zero-order chi connectivity index (χ0) is 12.6. The molecule has 0 aromatic heterocycles. The molecule has 3 heteroatoms. The van der Waals surface area contributed by atoms with Crippen molar-refractivity contribution >= 4 is 0 Å². The van der Waals surface area contributed by atoms with Gasteiger partial charge in [0.25, 0.3) is 0 Å². The van der Waals surface area contributed by atoms with Crippen LogP contribution in [-0.4, -0.2) is 40.4 Å². The first-order valence-corrected chi connectivity index (χ1v) is 7.28. The fourth-order valence-electron chi connectivity index (χ4n) is 1.82. The second-order valence-corrected chi connectivity index (χ2v) is 4.65. The zero-order valence-electron chi connectivity index (χ0n) is 11.9. The van der Waals surface area contributed by atoms with Crippen molar-refractivity contribution in [1.29, 1.82) is 0 Å². The monoisotopic (exact) mass is 244 g/mol. The Labute approximate surface area is 108 Å². The molecule has 0 bridgehead atoms. The highest BCUT2D eigenvalue weighted by Crippen LogP contribution is 2.02. The van der Waals surface area contributed by atoms with E-state index in [1.54, 1.807) is 0 Å². The van der Waals surface area contributed by atoms with Crippen LogP contribution in [0.15, 0.2) is 0 Å². The third-order valence-corrected chi connectivity index (χ3v) is 2.93. The van der Waals surface area contributed by atoms with Gasteiger partial charge in [-0.1, -0.05) is 25.7 Å². The Bertz CT molecular complexity index is 117. The summed E-state index contributed by atoms with van der Waals surface area (Å²) in [5.74, 6) is 0. The summed E-state index contributed by atoms with van der Waals surface area (Å²) in [5, 5.41) is 6.34. The summed E-state index contributed by atoms with van der Waals surface area (Å²) < 4.78 is 5.62. The van der Waals surface area contributed by atoms with Crippen molar-refractivity contribution < 1.29 is 4.74 Å². The lowest BCUT2D eigenvalue weighted by atomic mass is 10.2. The Balaban J connectivity index is 2.85. The molecule has 3 nitrogen and oxygen atoms in total. The van der Waals surface area contributed by atoms with Crippen LogP contribution in [0.1, 0.15) is 51.4 Å². The Morgan fingerprint density at radius 3 is 1.41 bits per heavy atom. The Morgan fingerprint density at radius 1 is 0.588 bits per heavy atom. The average Bonchev–Trinajstić information content (AvgIpc) is 2.35. The van der Waals surface area contributed by atoms with Crippen molar-refractivity contribution in [2.75, 3.05) is 40.4 Å². The van der Waals surface area contributed by atoms with E-state index < -0.39 is 0 Å². The zero-order valence-corrected chi connectivity index (χ0v) is 11.9. The molecule has 0 spiro atoms. The number of hydrogen-bond acceptors (Lipinski definition) is 3. The highest BCUT2D eigenvalue weighted by Gasteiger charge is 1.92. The highest BCUT2D eigenvalue weighted by atomic mass is 16.5. The van der Waals surface area contributed by atoms with Gasteiger partial charge in [-0.2, -0.15) is 0 Å². The van der Waals surface area contributed by atoms with E-state index >= 15 is 0 Å². The first-order valence-electron chi connectivity index (χ1n) is 7.28. The molecule has 0 aromatic rings. The van der Waals surface area contributed by atoms with Gasteiger partial charge in [-0.05, 0) is 52.9 Å². The molecule has 0 amide bonds. The second-order valence-electron chi connectivity index (χ2n) is 4.65. The largest absolute Gasteiger partial charge is 0.381 e. The molecular formula is C14H32N2O. The smallest absolute Gasteiger partial charge is 0.0466 e. The molecule has 0 saturated carbocycles. The van der Waals surface area contributed by atoms with Gasteiger partial charge in [-0.15, -0.1) is 0 Å². The van der Waals surface area contributed by atoms with E-state index in [9.17, 15) is 0 Å². The predicted molar refractivity (Wildman–Crippen MR) is 75.6 cm³/mol. The van der Waals surface area contributed by atoms with Gasteiger partial charge in [0.15, 0.2) is 0 Å². The van der Waals surface area contributed by atoms with Gasteiger partial charge in [0.05, 0.1) is 0 Å². The molecule has 104 valence electrons. The minimum Gasteiger partial charge on any atom is -0.381 e. The van der Waals surface area contributed by atoms with E-state index in [1.807, 2.05) is 14.1 Å².